The van der Waals surface area contributed by atoms with Crippen LogP contribution in [0.1, 0.15) is 51.8 Å². The van der Waals surface area contributed by atoms with E-state index >= 15 is 9.59 Å². The maximum Gasteiger partial charge on any atom is 0.326 e. The van der Waals surface area contributed by atoms with Crippen LogP contribution in [0, 0.1) is 0 Å². The monoisotopic (exact) mass is 1810 g/mol. The SMILES string of the molecule is CSCC[C@H](NC(=O)[C@H](CO)NC(=O)[C@H](Cc1ccc(O)cc1)NC(=O)[C@H](Cc1ccc(O)cc1)NC(=O)[C@H](Cc1ccc(O)cc1)NC(=O)[C@H](CO)NC(=O)[C@H](Cc1ccc(O)cc1)NC(=O)[C@H](CS)NC(=O)[C@@H](N)Cc1ccc(O)cc1)C(=O)N[C@@H](CC(=O)O)C(=O)N[C@@H](Cc1ccc(O)cc1)C(=O)N[C@@H](CS)C(=O)N[C@@H](Cc1c[nH]c2ccccc12)C(=O)O. The Labute approximate surface area is 742 Å². The van der Waals surface area contributed by atoms with Gasteiger partial charge in [0.2, 0.25) is 70.9 Å². The highest BCUT2D eigenvalue weighted by atomic mass is 32.2. The highest BCUT2D eigenvalue weighted by Crippen LogP contribution is 2.23. The molecule has 7 aromatic carbocycles. The smallest absolute Gasteiger partial charge is 0.326 e. The molecule has 0 radical (unpaired) electrons. The summed E-state index contributed by atoms with van der Waals surface area (Å²) in [6.07, 6.45) is -0.506. The van der Waals surface area contributed by atoms with Gasteiger partial charge in [-0.05, 0) is 143 Å². The van der Waals surface area contributed by atoms with Gasteiger partial charge in [-0.15, -0.1) is 0 Å². The first-order valence-electron chi connectivity index (χ1n) is 39.6. The fourth-order valence-electron chi connectivity index (χ4n) is 13.0. The van der Waals surface area contributed by atoms with Gasteiger partial charge in [0, 0.05) is 67.1 Å². The number of aromatic amines is 1. The van der Waals surface area contributed by atoms with E-state index in [1.165, 1.54) is 145 Å². The number of thioether (sulfide) groups is 1. The number of aromatic nitrogens is 1. The number of thiol groups is 2. The summed E-state index contributed by atoms with van der Waals surface area (Å²) in [4.78, 5) is 201. The highest BCUT2D eigenvalue weighted by Gasteiger charge is 2.39. The van der Waals surface area contributed by atoms with Crippen LogP contribution in [0.25, 0.3) is 10.9 Å². The molecule has 0 bridgehead atoms. The predicted molar refractivity (Wildman–Crippen MR) is 469 cm³/mol. The summed E-state index contributed by atoms with van der Waals surface area (Å²) in [6, 6.07) is 17.3. The average Bonchev–Trinajstić information content (AvgIpc) is 1.71. The van der Waals surface area contributed by atoms with Gasteiger partial charge < -0.3 is 126 Å². The number of hydrogen-bond donors (Lipinski definition) is 26. The first-order chi connectivity index (χ1) is 60.6. The van der Waals surface area contributed by atoms with Crippen molar-refractivity contribution in [2.45, 2.75) is 136 Å². The number of carbonyl (C=O) groups is 14. The van der Waals surface area contributed by atoms with E-state index < -0.39 is 212 Å². The molecule has 0 aliphatic carbocycles. The van der Waals surface area contributed by atoms with Crippen molar-refractivity contribution in [3.63, 3.8) is 0 Å². The first-order valence-corrected chi connectivity index (χ1v) is 42.3. The summed E-state index contributed by atoms with van der Waals surface area (Å²) in [5.74, 6) is -18.1. The van der Waals surface area contributed by atoms with Gasteiger partial charge in [0.15, 0.2) is 0 Å². The zero-order valence-electron chi connectivity index (χ0n) is 68.2. The van der Waals surface area contributed by atoms with Crippen molar-refractivity contribution < 1.29 is 118 Å². The number of carboxylic acid groups (broad SMARTS) is 2. The third-order valence-electron chi connectivity index (χ3n) is 20.0. The molecule has 8 aromatic rings. The summed E-state index contributed by atoms with van der Waals surface area (Å²) < 4.78 is 0. The number of H-pyrrole nitrogens is 1. The van der Waals surface area contributed by atoms with Crippen molar-refractivity contribution in [2.75, 3.05) is 36.7 Å². The Balaban J connectivity index is 0.998. The molecule has 13 atom stereocenters. The molecule has 25 N–H and O–H groups in total. The second-order valence-corrected chi connectivity index (χ2v) is 31.3. The molecular formula is C86H100N14O24S3. The minimum Gasteiger partial charge on any atom is -0.508 e. The number of nitrogens with two attached hydrogens (primary N) is 1. The maximum atomic E-state index is 15.2. The summed E-state index contributed by atoms with van der Waals surface area (Å²) in [6.45, 7) is -2.37. The van der Waals surface area contributed by atoms with Crippen LogP contribution in [0.2, 0.25) is 0 Å². The number of para-hydroxylation sites is 1. The second-order valence-electron chi connectivity index (χ2n) is 29.6. The number of aliphatic hydroxyl groups is 2. The van der Waals surface area contributed by atoms with E-state index in [1.54, 1.807) is 48.9 Å². The van der Waals surface area contributed by atoms with E-state index in [2.05, 4.69) is 94.0 Å². The number of phenols is 6. The van der Waals surface area contributed by atoms with E-state index in [0.717, 1.165) is 0 Å². The van der Waals surface area contributed by atoms with Gasteiger partial charge in [0.1, 0.15) is 107 Å². The number of fused-ring (bicyclic) bond motifs is 1. The molecule has 0 unspecified atom stereocenters. The predicted octanol–water partition coefficient (Wildman–Crippen LogP) is -1.30. The lowest BCUT2D eigenvalue weighted by atomic mass is 10.0. The number of carboxylic acids is 2. The van der Waals surface area contributed by atoms with Gasteiger partial charge in [-0.2, -0.15) is 37.0 Å². The van der Waals surface area contributed by atoms with Crippen LogP contribution in [0.4, 0.5) is 0 Å². The lowest BCUT2D eigenvalue weighted by Gasteiger charge is -2.28. The maximum absolute atomic E-state index is 15.2. The molecule has 0 fully saturated rings. The lowest BCUT2D eigenvalue weighted by Crippen LogP contribution is -2.62. The van der Waals surface area contributed by atoms with Crippen LogP contribution < -0.4 is 69.5 Å². The number of rotatable bonds is 48. The van der Waals surface area contributed by atoms with Crippen LogP contribution in [-0.2, 0) is 112 Å². The topological polar surface area (TPSA) is 627 Å². The van der Waals surface area contributed by atoms with Gasteiger partial charge in [-0.3, -0.25) is 62.3 Å². The Morgan fingerprint density at radius 2 is 0.591 bits per heavy atom. The van der Waals surface area contributed by atoms with Crippen LogP contribution in [0.15, 0.2) is 176 Å². The fourth-order valence-corrected chi connectivity index (χ4v) is 14.0. The van der Waals surface area contributed by atoms with Gasteiger partial charge in [0.25, 0.3) is 0 Å². The molecule has 0 saturated carbocycles. The van der Waals surface area contributed by atoms with Crippen molar-refractivity contribution in [3.05, 3.63) is 215 Å². The molecule has 676 valence electrons. The Kier molecular flexibility index (Phi) is 37.8. The number of phenolic OH excluding ortho intramolecular Hbond substituents is 6. The Morgan fingerprint density at radius 3 is 0.906 bits per heavy atom. The minimum atomic E-state index is -2.05. The van der Waals surface area contributed by atoms with Crippen molar-refractivity contribution in [1.29, 1.82) is 0 Å². The van der Waals surface area contributed by atoms with Gasteiger partial charge in [-0.25, -0.2) is 4.79 Å². The normalized spacial score (nSPS) is 14.2. The van der Waals surface area contributed by atoms with Crippen LogP contribution >= 0.6 is 37.0 Å². The second kappa shape index (κ2) is 48.6. The number of aliphatic carboxylic acids is 2. The molecule has 0 aliphatic heterocycles. The molecule has 38 nitrogen and oxygen atoms in total. The molecule has 8 rings (SSSR count). The molecule has 1 aromatic heterocycles. The average molecular weight is 1810 g/mol. The number of amides is 12. The quantitative estimate of drug-likeness (QED) is 0.0197. The van der Waals surface area contributed by atoms with E-state index in [1.807, 2.05) is 0 Å². The molecule has 12 amide bonds. The number of carbonyl (C=O) groups excluding carboxylic acids is 12. The zero-order chi connectivity index (χ0) is 92.6. The molecule has 41 heteroatoms. The fraction of sp³-hybridized carbons (Fsp3) is 0.326. The largest absolute Gasteiger partial charge is 0.508 e. The number of nitrogens with one attached hydrogen (secondary N) is 13. The number of aliphatic hydroxyl groups excluding tert-OH is 2. The third-order valence-corrected chi connectivity index (χ3v) is 21.4. The minimum absolute atomic E-state index is 0.0128. The molecule has 0 aliphatic rings. The van der Waals surface area contributed by atoms with Crippen molar-refractivity contribution in [3.8, 4) is 34.5 Å². The Bertz CT molecular complexity index is 5140. The first kappa shape index (κ1) is 98.8. The molecule has 127 heavy (non-hydrogen) atoms. The third kappa shape index (κ3) is 30.9. The van der Waals surface area contributed by atoms with E-state index in [0.29, 0.717) is 33.2 Å². The van der Waals surface area contributed by atoms with Crippen LogP contribution in [-0.4, -0.2) is 254 Å². The summed E-state index contributed by atoms with van der Waals surface area (Å²) in [5.41, 5.74) is 9.46. The molecule has 1 heterocycles. The summed E-state index contributed by atoms with van der Waals surface area (Å²) in [5, 5.41) is 133. The zero-order valence-corrected chi connectivity index (χ0v) is 70.8. The number of hydrogen-bond acceptors (Lipinski definition) is 26. The standard InChI is InChI=1S/C86H100N14O24S3/c1-127-31-30-61(75(112)95-67(39-73(109)110)81(118)92-66(37-50-16-28-57(108)29-17-50)80(117)100-72(44-126)85(122)96-68(86(123)124)38-51-40-88-60-5-3-2-4-58(51)60)89-82(119)69(41-101)97-78(115)64(35-48-12-24-55(106)25-13-48)91-76(113)62(33-46-8-20-53(104)21-9-46)90-77(114)63(34-47-10-22-54(105)23-11-47)93-83(120)70(42-102)98-79(116)65(36-49-14-26-56(107)27-15-49)94-84(121)71(43-125)99-74(111)59(87)32-45-6-18-52(103)19-7-45/h2-29,40,59,61-72,88,101-108,125-126H,30-39,41-44,87H2,1H3,(H,89,119)(H,90,114)(H,91,113)(H,92,118)(H,93,120)(H,94,121)(H,95,112)(H,96,122)(H,97,115)(H,98,116)(H,99,111)(H,100,117)(H,109,110)(H,123,124)/t59-,61-,62-,63-,64-,65-,66-,67-,68-,69-,70-,71-,72-/m0/s1. The Morgan fingerprint density at radius 1 is 0.331 bits per heavy atom. The Hall–Kier alpha value is -13.6. The van der Waals surface area contributed by atoms with Gasteiger partial charge >= 0.3 is 11.9 Å². The van der Waals surface area contributed by atoms with Gasteiger partial charge in [-0.1, -0.05) is 91.0 Å². The highest BCUT2D eigenvalue weighted by molar-refractivity contribution is 7.98. The van der Waals surface area contributed by atoms with E-state index in [-0.39, 0.29) is 88.4 Å². The summed E-state index contributed by atoms with van der Waals surface area (Å²) in [7, 11) is 0. The number of aromatic hydroxyl groups is 6. The molecule has 0 saturated heterocycles. The number of benzene rings is 7. The van der Waals surface area contributed by atoms with Crippen LogP contribution in [0.3, 0.4) is 0 Å². The summed E-state index contributed by atoms with van der Waals surface area (Å²) >= 11 is 9.66. The van der Waals surface area contributed by atoms with Crippen molar-refractivity contribution >= 4 is 131 Å². The lowest BCUT2D eigenvalue weighted by molar-refractivity contribution is -0.142. The van der Waals surface area contributed by atoms with Crippen LogP contribution in [0.5, 0.6) is 34.5 Å². The van der Waals surface area contributed by atoms with E-state index in [4.69, 9.17) is 5.73 Å². The van der Waals surface area contributed by atoms with Crippen molar-refractivity contribution in [1.82, 2.24) is 68.8 Å². The van der Waals surface area contributed by atoms with E-state index in [9.17, 15) is 109 Å². The molecule has 0 spiro atoms. The van der Waals surface area contributed by atoms with Crippen molar-refractivity contribution in [2.24, 2.45) is 5.73 Å². The molecular weight excluding hydrogens is 1710 g/mol. The van der Waals surface area contributed by atoms with Gasteiger partial charge in [0.05, 0.1) is 25.7 Å².